The van der Waals surface area contributed by atoms with Crippen LogP contribution in [0, 0.1) is 0 Å². The van der Waals surface area contributed by atoms with Crippen molar-refractivity contribution in [3.05, 3.63) is 0 Å². The first-order valence-corrected chi connectivity index (χ1v) is 4.83. The minimum atomic E-state index is -0.494. The third-order valence-corrected chi connectivity index (χ3v) is 2.43. The maximum atomic E-state index is 10.7. The van der Waals surface area contributed by atoms with Crippen molar-refractivity contribution >= 4 is 27.5 Å². The Morgan fingerprint density at radius 1 is 1.18 bits per heavy atom. The lowest BCUT2D eigenvalue weighted by atomic mass is 9.98. The van der Waals surface area contributed by atoms with Crippen LogP contribution in [0.2, 0.25) is 0 Å². The summed E-state index contributed by atoms with van der Waals surface area (Å²) in [5.74, 6) is 0.0671. The molecule has 0 saturated heterocycles. The zero-order valence-corrected chi connectivity index (χ0v) is 8.48. The Hall–Kier alpha value is -0.180. The molecule has 64 valence electrons. The van der Waals surface area contributed by atoms with Crippen molar-refractivity contribution < 1.29 is 9.59 Å². The third kappa shape index (κ3) is 3.14. The first-order chi connectivity index (χ1) is 5.22. The van der Waals surface area contributed by atoms with Gasteiger partial charge < -0.3 is 0 Å². The molecule has 0 amide bonds. The average molecular weight is 221 g/mol. The van der Waals surface area contributed by atoms with Crippen molar-refractivity contribution in [3.8, 4) is 0 Å². The minimum Gasteiger partial charge on any atom is -0.298 e. The molecule has 1 aliphatic carbocycles. The van der Waals surface area contributed by atoms with Crippen LogP contribution >= 0.6 is 15.9 Å². The Labute approximate surface area is 75.5 Å². The number of ketones is 2. The molecule has 0 spiro atoms. The second-order valence-electron chi connectivity index (χ2n) is 2.15. The Kier molecular flexibility index (Phi) is 5.38. The summed E-state index contributed by atoms with van der Waals surface area (Å²) in [6.45, 7) is 4.00. The van der Waals surface area contributed by atoms with Crippen LogP contribution in [0.5, 0.6) is 0 Å². The highest BCUT2D eigenvalue weighted by atomic mass is 79.9. The van der Waals surface area contributed by atoms with Crippen LogP contribution in [-0.4, -0.2) is 16.4 Å². The largest absolute Gasteiger partial charge is 0.298 e. The van der Waals surface area contributed by atoms with Crippen LogP contribution in [0.4, 0.5) is 0 Å². The predicted molar refractivity (Wildman–Crippen MR) is 47.9 cm³/mol. The number of Topliss-reactive ketones (excluding diaryl/α,β-unsaturated/α-hetero) is 2. The summed E-state index contributed by atoms with van der Waals surface area (Å²) in [4.78, 5) is 21.0. The van der Waals surface area contributed by atoms with Crippen LogP contribution in [-0.2, 0) is 9.59 Å². The molecule has 11 heavy (non-hydrogen) atoms. The fourth-order valence-corrected chi connectivity index (χ4v) is 1.33. The molecule has 0 aliphatic heterocycles. The predicted octanol–water partition coefficient (Wildman–Crippen LogP) is 2.10. The quantitative estimate of drug-likeness (QED) is 0.463. The molecule has 0 aromatic heterocycles. The molecule has 0 N–H and O–H groups in total. The average Bonchev–Trinajstić information content (AvgIpc) is 2.04. The van der Waals surface area contributed by atoms with Gasteiger partial charge in [-0.1, -0.05) is 29.8 Å². The van der Waals surface area contributed by atoms with E-state index in [0.29, 0.717) is 12.8 Å². The highest BCUT2D eigenvalue weighted by Crippen LogP contribution is 2.17. The second-order valence-corrected chi connectivity index (χ2v) is 3.06. The van der Waals surface area contributed by atoms with E-state index < -0.39 is 4.83 Å². The minimum absolute atomic E-state index is 0.0336. The number of hydrogen-bond donors (Lipinski definition) is 0. The molecule has 0 aromatic carbocycles. The van der Waals surface area contributed by atoms with Gasteiger partial charge in [-0.25, -0.2) is 0 Å². The highest BCUT2D eigenvalue weighted by Gasteiger charge is 2.26. The van der Waals surface area contributed by atoms with Gasteiger partial charge in [-0.15, -0.1) is 0 Å². The van der Waals surface area contributed by atoms with Crippen molar-refractivity contribution in [2.24, 2.45) is 0 Å². The maximum absolute atomic E-state index is 10.7. The maximum Gasteiger partial charge on any atom is 0.153 e. The summed E-state index contributed by atoms with van der Waals surface area (Å²) in [6, 6.07) is 0. The Bertz CT molecular complexity index is 138. The van der Waals surface area contributed by atoms with Gasteiger partial charge in [-0.05, 0) is 6.42 Å². The molecule has 0 unspecified atom stereocenters. The van der Waals surface area contributed by atoms with E-state index in [2.05, 4.69) is 15.9 Å². The molecule has 2 nitrogen and oxygen atoms in total. The fourth-order valence-electron chi connectivity index (χ4n) is 0.870. The summed E-state index contributed by atoms with van der Waals surface area (Å²) in [5.41, 5.74) is 0. The number of carbonyl (C=O) groups is 2. The Balaban J connectivity index is 0.000000461. The zero-order chi connectivity index (χ0) is 8.85. The van der Waals surface area contributed by atoms with Crippen molar-refractivity contribution in [3.63, 3.8) is 0 Å². The highest BCUT2D eigenvalue weighted by molar-refractivity contribution is 9.10. The standard InChI is InChI=1S/C6H7BrO2.C2H6/c7-6-4(8)2-1-3-5(6)9;1-2/h6H,1-3H2;1-2H3. The molecule has 3 heteroatoms. The summed E-state index contributed by atoms with van der Waals surface area (Å²) in [6.07, 6.45) is 1.85. The van der Waals surface area contributed by atoms with Gasteiger partial charge in [0.15, 0.2) is 11.6 Å². The van der Waals surface area contributed by atoms with Gasteiger partial charge in [-0.3, -0.25) is 9.59 Å². The Morgan fingerprint density at radius 2 is 1.55 bits per heavy atom. The van der Waals surface area contributed by atoms with Gasteiger partial charge in [-0.2, -0.15) is 0 Å². The number of halogens is 1. The summed E-state index contributed by atoms with van der Waals surface area (Å²) in [7, 11) is 0. The number of alkyl halides is 1. The molecule has 0 heterocycles. The van der Waals surface area contributed by atoms with E-state index in [-0.39, 0.29) is 11.6 Å². The van der Waals surface area contributed by atoms with Gasteiger partial charge in [0.25, 0.3) is 0 Å². The molecule has 1 saturated carbocycles. The third-order valence-electron chi connectivity index (χ3n) is 1.41. The molecule has 0 bridgehead atoms. The van der Waals surface area contributed by atoms with Crippen molar-refractivity contribution in [1.82, 2.24) is 0 Å². The van der Waals surface area contributed by atoms with Crippen LogP contribution in [0.1, 0.15) is 33.1 Å². The molecule has 1 rings (SSSR count). The van der Waals surface area contributed by atoms with Gasteiger partial charge in [0, 0.05) is 12.8 Å². The molecule has 1 fully saturated rings. The smallest absolute Gasteiger partial charge is 0.153 e. The van der Waals surface area contributed by atoms with Gasteiger partial charge >= 0.3 is 0 Å². The van der Waals surface area contributed by atoms with Crippen LogP contribution in [0.3, 0.4) is 0 Å². The number of hydrogen-bond acceptors (Lipinski definition) is 2. The monoisotopic (exact) mass is 220 g/mol. The molecule has 0 radical (unpaired) electrons. The molecule has 0 atom stereocenters. The van der Waals surface area contributed by atoms with Crippen LogP contribution in [0.15, 0.2) is 0 Å². The van der Waals surface area contributed by atoms with E-state index in [1.165, 1.54) is 0 Å². The lowest BCUT2D eigenvalue weighted by Crippen LogP contribution is -2.28. The first-order valence-electron chi connectivity index (χ1n) is 3.91. The fraction of sp³-hybridized carbons (Fsp3) is 0.750. The summed E-state index contributed by atoms with van der Waals surface area (Å²) < 4.78 is 0. The number of carbonyl (C=O) groups excluding carboxylic acids is 2. The van der Waals surface area contributed by atoms with E-state index >= 15 is 0 Å². The zero-order valence-electron chi connectivity index (χ0n) is 6.89. The van der Waals surface area contributed by atoms with Crippen molar-refractivity contribution in [2.75, 3.05) is 0 Å². The Morgan fingerprint density at radius 3 is 1.82 bits per heavy atom. The van der Waals surface area contributed by atoms with Crippen LogP contribution < -0.4 is 0 Å². The van der Waals surface area contributed by atoms with E-state index in [4.69, 9.17) is 0 Å². The van der Waals surface area contributed by atoms with E-state index in [1.807, 2.05) is 13.8 Å². The van der Waals surface area contributed by atoms with Crippen LogP contribution in [0.25, 0.3) is 0 Å². The second kappa shape index (κ2) is 5.47. The molecular formula is C8H13BrO2. The van der Waals surface area contributed by atoms with E-state index in [0.717, 1.165) is 6.42 Å². The topological polar surface area (TPSA) is 34.1 Å². The molecule has 0 aromatic rings. The van der Waals surface area contributed by atoms with E-state index in [1.54, 1.807) is 0 Å². The number of rotatable bonds is 0. The molecule has 1 aliphatic rings. The lowest BCUT2D eigenvalue weighted by Gasteiger charge is -2.12. The van der Waals surface area contributed by atoms with Gasteiger partial charge in [0.05, 0.1) is 0 Å². The SMILES string of the molecule is CC.O=C1CCCC(=O)C1Br. The first kappa shape index (κ1) is 10.8. The molecular weight excluding hydrogens is 208 g/mol. The summed E-state index contributed by atoms with van der Waals surface area (Å²) in [5, 5.41) is 0. The van der Waals surface area contributed by atoms with Crippen molar-refractivity contribution in [2.45, 2.75) is 37.9 Å². The summed E-state index contributed by atoms with van der Waals surface area (Å²) >= 11 is 3.02. The lowest BCUT2D eigenvalue weighted by molar-refractivity contribution is -0.128. The normalized spacial score (nSPS) is 19.2. The van der Waals surface area contributed by atoms with Crippen molar-refractivity contribution in [1.29, 1.82) is 0 Å². The van der Waals surface area contributed by atoms with Gasteiger partial charge in [0.2, 0.25) is 0 Å². The van der Waals surface area contributed by atoms with Gasteiger partial charge in [0.1, 0.15) is 4.83 Å². The van der Waals surface area contributed by atoms with E-state index in [9.17, 15) is 9.59 Å².